The predicted molar refractivity (Wildman–Crippen MR) is 79.5 cm³/mol. The smallest absolute Gasteiger partial charge is 0.269 e. The van der Waals surface area contributed by atoms with E-state index < -0.39 is 10.8 Å². The normalized spacial score (nSPS) is 10.1. The number of carbonyl (C=O) groups excluding carboxylic acids is 1. The number of benzene rings is 2. The molecule has 2 aromatic carbocycles. The molecule has 0 radical (unpaired) electrons. The highest BCUT2D eigenvalue weighted by atomic mass is 79.9. The Morgan fingerprint density at radius 1 is 1.24 bits per heavy atom. The highest BCUT2D eigenvalue weighted by Crippen LogP contribution is 2.25. The van der Waals surface area contributed by atoms with Gasteiger partial charge >= 0.3 is 0 Å². The van der Waals surface area contributed by atoms with Gasteiger partial charge in [0.15, 0.2) is 0 Å². The van der Waals surface area contributed by atoms with E-state index in [1.54, 1.807) is 0 Å². The molecule has 0 aliphatic heterocycles. The average molecular weight is 351 g/mol. The zero-order valence-electron chi connectivity index (χ0n) is 10.8. The number of nitro benzene ring substituents is 1. The minimum atomic E-state index is -0.564. The third-order valence-corrected chi connectivity index (χ3v) is 3.32. The Morgan fingerprint density at radius 2 is 1.95 bits per heavy atom. The van der Waals surface area contributed by atoms with E-state index >= 15 is 0 Å². The summed E-state index contributed by atoms with van der Waals surface area (Å²) < 4.78 is 0.314. The minimum absolute atomic E-state index is 0.151. The Hall–Kier alpha value is -2.25. The van der Waals surface area contributed by atoms with Crippen LogP contribution in [0.15, 0.2) is 53.0 Å². The van der Waals surface area contributed by atoms with Crippen molar-refractivity contribution in [3.05, 3.63) is 74.2 Å². The van der Waals surface area contributed by atoms with Gasteiger partial charge in [-0.3, -0.25) is 19.7 Å². The lowest BCUT2D eigenvalue weighted by atomic mass is 10.2. The lowest BCUT2D eigenvalue weighted by molar-refractivity contribution is -0.385. The lowest BCUT2D eigenvalue weighted by Gasteiger charge is -2.06. The van der Waals surface area contributed by atoms with E-state index in [1.165, 1.54) is 18.2 Å². The number of hydroxylamine groups is 1. The Morgan fingerprint density at radius 3 is 2.62 bits per heavy atom. The summed E-state index contributed by atoms with van der Waals surface area (Å²) >= 11 is 3.06. The molecule has 1 N–H and O–H groups in total. The molecule has 7 heteroatoms. The van der Waals surface area contributed by atoms with Crippen LogP contribution < -0.4 is 5.48 Å². The van der Waals surface area contributed by atoms with E-state index in [9.17, 15) is 14.9 Å². The first-order valence-corrected chi connectivity index (χ1v) is 6.77. The summed E-state index contributed by atoms with van der Waals surface area (Å²) in [5.41, 5.74) is 3.13. The van der Waals surface area contributed by atoms with Gasteiger partial charge in [-0.2, -0.15) is 0 Å². The van der Waals surface area contributed by atoms with Crippen molar-refractivity contribution in [3.8, 4) is 0 Å². The Labute approximate surface area is 129 Å². The van der Waals surface area contributed by atoms with Crippen molar-refractivity contribution in [2.24, 2.45) is 0 Å². The number of nitro groups is 1. The number of carbonyl (C=O) groups is 1. The van der Waals surface area contributed by atoms with Gasteiger partial charge in [-0.25, -0.2) is 5.48 Å². The highest BCUT2D eigenvalue weighted by molar-refractivity contribution is 9.10. The fourth-order valence-corrected chi connectivity index (χ4v) is 2.00. The molecule has 0 unspecified atom stereocenters. The van der Waals surface area contributed by atoms with Gasteiger partial charge in [-0.15, -0.1) is 0 Å². The molecule has 0 saturated heterocycles. The maximum atomic E-state index is 11.8. The van der Waals surface area contributed by atoms with Crippen LogP contribution in [0, 0.1) is 10.1 Å². The second kappa shape index (κ2) is 6.96. The molecule has 21 heavy (non-hydrogen) atoms. The molecule has 0 fully saturated rings. The zero-order chi connectivity index (χ0) is 15.2. The molecule has 0 atom stereocenters. The topological polar surface area (TPSA) is 81.5 Å². The molecule has 108 valence electrons. The van der Waals surface area contributed by atoms with Crippen LogP contribution >= 0.6 is 15.9 Å². The Bertz CT molecular complexity index is 661. The van der Waals surface area contributed by atoms with E-state index in [0.29, 0.717) is 4.47 Å². The largest absolute Gasteiger partial charge is 0.284 e. The molecule has 1 amide bonds. The number of rotatable bonds is 5. The fraction of sp³-hybridized carbons (Fsp3) is 0.0714. The molecule has 0 aromatic heterocycles. The van der Waals surface area contributed by atoms with Crippen LogP contribution in [0.3, 0.4) is 0 Å². The monoisotopic (exact) mass is 350 g/mol. The number of hydrogen-bond acceptors (Lipinski definition) is 4. The summed E-state index contributed by atoms with van der Waals surface area (Å²) in [6.45, 7) is 0.213. The number of halogens is 1. The van der Waals surface area contributed by atoms with Crippen LogP contribution in [0.25, 0.3) is 0 Å². The van der Waals surface area contributed by atoms with Gasteiger partial charge in [-0.05, 0) is 33.6 Å². The van der Waals surface area contributed by atoms with Crippen LogP contribution in [-0.2, 0) is 11.4 Å². The molecular formula is C14H11BrN2O4. The van der Waals surface area contributed by atoms with Gasteiger partial charge in [0.25, 0.3) is 11.6 Å². The number of nitrogens with zero attached hydrogens (tertiary/aromatic N) is 1. The van der Waals surface area contributed by atoms with Crippen molar-refractivity contribution >= 4 is 27.5 Å². The summed E-state index contributed by atoms with van der Waals surface area (Å²) in [7, 11) is 0. The van der Waals surface area contributed by atoms with Crippen LogP contribution in [0.1, 0.15) is 15.9 Å². The quantitative estimate of drug-likeness (QED) is 0.662. The third kappa shape index (κ3) is 4.11. The SMILES string of the molecule is O=C(NOCc1ccccc1)c1ccc(Br)c([N+](=O)[O-])c1. The zero-order valence-corrected chi connectivity index (χ0v) is 12.4. The van der Waals surface area contributed by atoms with Crippen molar-refractivity contribution in [2.45, 2.75) is 6.61 Å². The van der Waals surface area contributed by atoms with Gasteiger partial charge in [0.05, 0.1) is 16.0 Å². The van der Waals surface area contributed by atoms with Gasteiger partial charge in [0, 0.05) is 11.6 Å². The minimum Gasteiger partial charge on any atom is -0.269 e. The number of nitrogens with one attached hydrogen (secondary N) is 1. The summed E-state index contributed by atoms with van der Waals surface area (Å²) in [6, 6.07) is 13.4. The van der Waals surface area contributed by atoms with Gasteiger partial charge in [0.1, 0.15) is 0 Å². The maximum absolute atomic E-state index is 11.8. The van der Waals surface area contributed by atoms with Gasteiger partial charge in [0.2, 0.25) is 0 Å². The van der Waals surface area contributed by atoms with Crippen LogP contribution in [-0.4, -0.2) is 10.8 Å². The summed E-state index contributed by atoms with van der Waals surface area (Å²) in [4.78, 5) is 27.2. The first-order chi connectivity index (χ1) is 10.1. The molecule has 0 bridgehead atoms. The van der Waals surface area contributed by atoms with Crippen molar-refractivity contribution < 1.29 is 14.6 Å². The average Bonchev–Trinajstić information content (AvgIpc) is 2.48. The first-order valence-electron chi connectivity index (χ1n) is 5.98. The second-order valence-corrected chi connectivity index (χ2v) is 4.98. The molecule has 0 spiro atoms. The van der Waals surface area contributed by atoms with Crippen molar-refractivity contribution in [3.63, 3.8) is 0 Å². The molecule has 0 heterocycles. The molecule has 2 aromatic rings. The summed E-state index contributed by atoms with van der Waals surface area (Å²) in [5.74, 6) is -0.540. The molecule has 6 nitrogen and oxygen atoms in total. The van der Waals surface area contributed by atoms with Crippen LogP contribution in [0.4, 0.5) is 5.69 Å². The summed E-state index contributed by atoms with van der Waals surface area (Å²) in [5, 5.41) is 10.8. The lowest BCUT2D eigenvalue weighted by Crippen LogP contribution is -2.23. The molecule has 0 saturated carbocycles. The highest BCUT2D eigenvalue weighted by Gasteiger charge is 2.15. The summed E-state index contributed by atoms with van der Waals surface area (Å²) in [6.07, 6.45) is 0. The van der Waals surface area contributed by atoms with E-state index in [-0.39, 0.29) is 17.9 Å². The van der Waals surface area contributed by atoms with Gasteiger partial charge < -0.3 is 0 Å². The van der Waals surface area contributed by atoms with E-state index in [2.05, 4.69) is 21.4 Å². The van der Waals surface area contributed by atoms with Crippen molar-refractivity contribution in [1.29, 1.82) is 0 Å². The maximum Gasteiger partial charge on any atom is 0.284 e. The fourth-order valence-electron chi connectivity index (χ4n) is 1.61. The standard InChI is InChI=1S/C14H11BrN2O4/c15-12-7-6-11(8-13(12)17(19)20)14(18)16-21-9-10-4-2-1-3-5-10/h1-8H,9H2,(H,16,18). The Kier molecular flexibility index (Phi) is 5.02. The van der Waals surface area contributed by atoms with Gasteiger partial charge in [-0.1, -0.05) is 30.3 Å². The van der Waals surface area contributed by atoms with E-state index in [1.807, 2.05) is 30.3 Å². The third-order valence-electron chi connectivity index (χ3n) is 2.65. The van der Waals surface area contributed by atoms with Crippen molar-refractivity contribution in [2.75, 3.05) is 0 Å². The molecule has 2 rings (SSSR count). The number of hydrogen-bond donors (Lipinski definition) is 1. The molecule has 0 aliphatic rings. The van der Waals surface area contributed by atoms with E-state index in [0.717, 1.165) is 5.56 Å². The number of amides is 1. The second-order valence-electron chi connectivity index (χ2n) is 4.13. The van der Waals surface area contributed by atoms with Crippen LogP contribution in [0.2, 0.25) is 0 Å². The Balaban J connectivity index is 1.97. The van der Waals surface area contributed by atoms with Crippen molar-refractivity contribution in [1.82, 2.24) is 5.48 Å². The predicted octanol–water partition coefficient (Wildman–Crippen LogP) is 3.22. The first kappa shape index (κ1) is 15.1. The van der Waals surface area contributed by atoms with E-state index in [4.69, 9.17) is 4.84 Å². The van der Waals surface area contributed by atoms with Crippen LogP contribution in [0.5, 0.6) is 0 Å². The molecular weight excluding hydrogens is 340 g/mol. The molecule has 0 aliphatic carbocycles.